The lowest BCUT2D eigenvalue weighted by molar-refractivity contribution is -0.149. The van der Waals surface area contributed by atoms with Crippen molar-refractivity contribution in [1.82, 2.24) is 14.8 Å². The van der Waals surface area contributed by atoms with Gasteiger partial charge in [-0.05, 0) is 6.42 Å². The zero-order chi connectivity index (χ0) is 12.4. The number of hydrogen-bond acceptors (Lipinski definition) is 5. The molecule has 2 heterocycles. The van der Waals surface area contributed by atoms with Crippen LogP contribution in [0.2, 0.25) is 0 Å². The van der Waals surface area contributed by atoms with Crippen molar-refractivity contribution in [3.63, 3.8) is 0 Å². The van der Waals surface area contributed by atoms with Gasteiger partial charge in [0.05, 0.1) is 0 Å². The average molecular weight is 241 g/mol. The van der Waals surface area contributed by atoms with Gasteiger partial charge in [-0.25, -0.2) is 14.6 Å². The van der Waals surface area contributed by atoms with E-state index in [2.05, 4.69) is 10.1 Å². The molecule has 1 saturated heterocycles. The topological polar surface area (TPSA) is 115 Å². The highest BCUT2D eigenvalue weighted by atomic mass is 16.5. The predicted octanol–water partition coefficient (Wildman–Crippen LogP) is -0.534. The predicted molar refractivity (Wildman–Crippen MR) is 52.5 cm³/mol. The van der Waals surface area contributed by atoms with Crippen LogP contribution in [0.15, 0.2) is 6.33 Å². The normalized spacial score (nSPS) is 23.8. The molecule has 0 aromatic carbocycles. The molecule has 0 saturated carbocycles. The van der Waals surface area contributed by atoms with Crippen molar-refractivity contribution in [3.05, 3.63) is 12.2 Å². The van der Waals surface area contributed by atoms with Gasteiger partial charge in [0.2, 0.25) is 0 Å². The maximum atomic E-state index is 10.9. The summed E-state index contributed by atoms with van der Waals surface area (Å²) in [7, 11) is 0. The summed E-state index contributed by atoms with van der Waals surface area (Å²) in [5, 5.41) is 21.3. The third kappa shape index (κ3) is 2.41. The first-order chi connectivity index (χ1) is 8.08. The second-order valence-electron chi connectivity index (χ2n) is 3.77. The number of ether oxygens (including phenoxy) is 1. The average Bonchev–Trinajstić information content (AvgIpc) is 2.86. The number of aromatic nitrogens is 3. The van der Waals surface area contributed by atoms with Gasteiger partial charge in [0.1, 0.15) is 6.33 Å². The Hall–Kier alpha value is -1.96. The molecule has 1 aromatic heterocycles. The maximum absolute atomic E-state index is 10.9. The van der Waals surface area contributed by atoms with Crippen LogP contribution in [0.4, 0.5) is 0 Å². The Morgan fingerprint density at radius 3 is 2.88 bits per heavy atom. The highest BCUT2D eigenvalue weighted by molar-refractivity contribution is 5.82. The Balaban J connectivity index is 2.04. The van der Waals surface area contributed by atoms with Crippen LogP contribution in [0.3, 0.4) is 0 Å². The summed E-state index contributed by atoms with van der Waals surface area (Å²) in [6.45, 7) is 0.680. The van der Waals surface area contributed by atoms with E-state index in [0.717, 1.165) is 0 Å². The molecule has 1 aromatic rings. The van der Waals surface area contributed by atoms with Gasteiger partial charge in [-0.2, -0.15) is 0 Å². The molecule has 0 radical (unpaired) electrons. The van der Waals surface area contributed by atoms with Crippen molar-refractivity contribution in [2.75, 3.05) is 6.61 Å². The molecule has 0 bridgehead atoms. The number of nitrogens with zero attached hydrogens (tertiary/aromatic N) is 3. The summed E-state index contributed by atoms with van der Waals surface area (Å²) in [4.78, 5) is 25.0. The quantitative estimate of drug-likeness (QED) is 0.727. The number of aromatic carboxylic acids is 1. The lowest BCUT2D eigenvalue weighted by atomic mass is 10.0. The molecule has 1 aliphatic rings. The van der Waals surface area contributed by atoms with Crippen molar-refractivity contribution in [3.8, 4) is 0 Å². The smallest absolute Gasteiger partial charge is 0.375 e. The number of hydrogen-bond donors (Lipinski definition) is 2. The van der Waals surface area contributed by atoms with Gasteiger partial charge in [0.15, 0.2) is 6.10 Å². The summed E-state index contributed by atoms with van der Waals surface area (Å²) in [5.74, 6) is -2.72. The largest absolute Gasteiger partial charge is 0.479 e. The Bertz CT molecular complexity index is 444. The summed E-state index contributed by atoms with van der Waals surface area (Å²) < 4.78 is 6.41. The third-order valence-corrected chi connectivity index (χ3v) is 2.61. The van der Waals surface area contributed by atoms with Gasteiger partial charge in [0.25, 0.3) is 5.82 Å². The van der Waals surface area contributed by atoms with E-state index in [0.29, 0.717) is 13.0 Å². The lowest BCUT2D eigenvalue weighted by Gasteiger charge is -2.13. The number of aliphatic carboxylic acids is 1. The zero-order valence-electron chi connectivity index (χ0n) is 8.81. The second kappa shape index (κ2) is 4.50. The van der Waals surface area contributed by atoms with Crippen molar-refractivity contribution in [1.29, 1.82) is 0 Å². The molecular weight excluding hydrogens is 230 g/mol. The molecule has 2 rings (SSSR count). The van der Waals surface area contributed by atoms with E-state index in [9.17, 15) is 9.59 Å². The first-order valence-corrected chi connectivity index (χ1v) is 5.05. The minimum Gasteiger partial charge on any atom is -0.479 e. The van der Waals surface area contributed by atoms with Gasteiger partial charge in [0, 0.05) is 19.1 Å². The fourth-order valence-electron chi connectivity index (χ4n) is 1.81. The molecule has 1 aliphatic heterocycles. The highest BCUT2D eigenvalue weighted by Gasteiger charge is 2.34. The summed E-state index contributed by atoms with van der Waals surface area (Å²) >= 11 is 0. The van der Waals surface area contributed by atoms with Gasteiger partial charge >= 0.3 is 11.9 Å². The van der Waals surface area contributed by atoms with Crippen LogP contribution in [0.25, 0.3) is 0 Å². The molecule has 8 heteroatoms. The van der Waals surface area contributed by atoms with E-state index in [-0.39, 0.29) is 18.3 Å². The summed E-state index contributed by atoms with van der Waals surface area (Å²) in [6, 6.07) is 0. The summed E-state index contributed by atoms with van der Waals surface area (Å²) in [6.07, 6.45) is 1.03. The van der Waals surface area contributed by atoms with E-state index in [1.54, 1.807) is 0 Å². The van der Waals surface area contributed by atoms with Crippen LogP contribution in [0.5, 0.6) is 0 Å². The van der Waals surface area contributed by atoms with Crippen molar-refractivity contribution in [2.45, 2.75) is 19.1 Å². The van der Waals surface area contributed by atoms with E-state index >= 15 is 0 Å². The molecule has 17 heavy (non-hydrogen) atoms. The van der Waals surface area contributed by atoms with Crippen molar-refractivity contribution < 1.29 is 24.5 Å². The third-order valence-electron chi connectivity index (χ3n) is 2.61. The van der Waals surface area contributed by atoms with Gasteiger partial charge in [-0.15, -0.1) is 5.10 Å². The Labute approximate surface area is 95.8 Å². The van der Waals surface area contributed by atoms with E-state index in [1.165, 1.54) is 11.0 Å². The number of carboxylic acid groups (broad SMARTS) is 2. The Morgan fingerprint density at radius 1 is 1.53 bits per heavy atom. The highest BCUT2D eigenvalue weighted by Crippen LogP contribution is 2.22. The molecule has 0 aliphatic carbocycles. The molecule has 2 N–H and O–H groups in total. The molecule has 0 amide bonds. The molecule has 92 valence electrons. The molecule has 2 unspecified atom stereocenters. The molecular formula is C9H11N3O5. The first kappa shape index (κ1) is 11.5. The maximum Gasteiger partial charge on any atom is 0.375 e. The van der Waals surface area contributed by atoms with Crippen LogP contribution in [-0.2, 0) is 16.1 Å². The van der Waals surface area contributed by atoms with Crippen LogP contribution in [0.1, 0.15) is 17.0 Å². The number of rotatable bonds is 4. The van der Waals surface area contributed by atoms with Gasteiger partial charge in [-0.1, -0.05) is 0 Å². The van der Waals surface area contributed by atoms with E-state index in [1.807, 2.05) is 0 Å². The molecule has 0 spiro atoms. The van der Waals surface area contributed by atoms with Gasteiger partial charge < -0.3 is 14.9 Å². The Morgan fingerprint density at radius 2 is 2.29 bits per heavy atom. The standard InChI is InChI=1S/C9H11N3O5/c13-8(14)6-5(1-2-17-6)3-12-4-10-7(11-12)9(15)16/h4-6H,1-3H2,(H,13,14)(H,15,16). The van der Waals surface area contributed by atoms with E-state index < -0.39 is 18.0 Å². The van der Waals surface area contributed by atoms with E-state index in [4.69, 9.17) is 14.9 Å². The lowest BCUT2D eigenvalue weighted by Crippen LogP contribution is -2.29. The van der Waals surface area contributed by atoms with Crippen LogP contribution < -0.4 is 0 Å². The van der Waals surface area contributed by atoms with Crippen molar-refractivity contribution >= 4 is 11.9 Å². The summed E-state index contributed by atoms with van der Waals surface area (Å²) in [5.41, 5.74) is 0. The number of carboxylic acids is 2. The minimum atomic E-state index is -1.21. The monoisotopic (exact) mass is 241 g/mol. The molecule has 8 nitrogen and oxygen atoms in total. The fraction of sp³-hybridized carbons (Fsp3) is 0.556. The van der Waals surface area contributed by atoms with Crippen LogP contribution in [0, 0.1) is 5.92 Å². The first-order valence-electron chi connectivity index (χ1n) is 5.05. The second-order valence-corrected chi connectivity index (χ2v) is 3.77. The molecule has 2 atom stereocenters. The zero-order valence-corrected chi connectivity index (χ0v) is 8.81. The molecule has 1 fully saturated rings. The van der Waals surface area contributed by atoms with Crippen LogP contribution in [-0.4, -0.2) is 49.6 Å². The number of carbonyl (C=O) groups is 2. The Kier molecular flexibility index (Phi) is 3.05. The van der Waals surface area contributed by atoms with Gasteiger partial charge in [-0.3, -0.25) is 4.68 Å². The fourth-order valence-corrected chi connectivity index (χ4v) is 1.81. The van der Waals surface area contributed by atoms with Crippen molar-refractivity contribution in [2.24, 2.45) is 5.92 Å². The minimum absolute atomic E-state index is 0.212. The SMILES string of the molecule is O=C(O)c1ncn(CC2CCOC2C(=O)O)n1. The van der Waals surface area contributed by atoms with Crippen LogP contribution >= 0.6 is 0 Å².